The Labute approximate surface area is 216 Å². The lowest BCUT2D eigenvalue weighted by Gasteiger charge is -2.23. The van der Waals surface area contributed by atoms with Crippen molar-refractivity contribution in [1.29, 1.82) is 0 Å². The number of rotatable bonds is 6. The van der Waals surface area contributed by atoms with Crippen LogP contribution in [0.5, 0.6) is 5.75 Å². The summed E-state index contributed by atoms with van der Waals surface area (Å²) in [6.07, 6.45) is -3.99. The Kier molecular flexibility index (Phi) is 7.73. The van der Waals surface area contributed by atoms with Crippen LogP contribution in [0.15, 0.2) is 54.6 Å². The summed E-state index contributed by atoms with van der Waals surface area (Å²) in [5.41, 5.74) is -4.84. The van der Waals surface area contributed by atoms with Crippen LogP contribution < -0.4 is 4.74 Å². The summed E-state index contributed by atoms with van der Waals surface area (Å²) < 4.78 is 144. The Balaban J connectivity index is 1.63. The van der Waals surface area contributed by atoms with E-state index < -0.39 is 75.3 Å². The molecule has 0 N–H and O–H groups in total. The molecule has 0 aromatic heterocycles. The van der Waals surface area contributed by atoms with Crippen molar-refractivity contribution in [2.24, 2.45) is 5.92 Å². The molecule has 0 amide bonds. The van der Waals surface area contributed by atoms with Gasteiger partial charge in [0, 0.05) is 17.5 Å². The van der Waals surface area contributed by atoms with Crippen molar-refractivity contribution in [2.75, 3.05) is 0 Å². The molecule has 0 fully saturated rings. The second kappa shape index (κ2) is 10.6. The van der Waals surface area contributed by atoms with Crippen molar-refractivity contribution in [1.82, 2.24) is 0 Å². The minimum absolute atomic E-state index is 0.00940. The molecule has 11 heteroatoms. The summed E-state index contributed by atoms with van der Waals surface area (Å²) in [4.78, 5) is 0. The van der Waals surface area contributed by atoms with Gasteiger partial charge in [-0.2, -0.15) is 22.0 Å². The van der Waals surface area contributed by atoms with E-state index >= 15 is 0 Å². The molecule has 0 bridgehead atoms. The molecule has 0 aliphatic heterocycles. The fraction of sp³-hybridized carbons (Fsp3) is 0.286. The smallest absolute Gasteiger partial charge is 0.429 e. The molecular weight excluding hydrogens is 542 g/mol. The molecule has 2 atom stereocenters. The highest BCUT2D eigenvalue weighted by Gasteiger charge is 2.42. The van der Waals surface area contributed by atoms with Gasteiger partial charge >= 0.3 is 12.3 Å². The highest BCUT2D eigenvalue weighted by Crippen LogP contribution is 2.40. The van der Waals surface area contributed by atoms with E-state index in [1.165, 1.54) is 6.07 Å². The number of alkyl halides is 5. The Hall–Kier alpha value is -3.50. The number of benzene rings is 3. The van der Waals surface area contributed by atoms with E-state index in [0.717, 1.165) is 18.9 Å². The van der Waals surface area contributed by atoms with Gasteiger partial charge in [-0.05, 0) is 60.6 Å². The lowest BCUT2D eigenvalue weighted by Crippen LogP contribution is -2.25. The molecular formula is C28H20F10O. The molecule has 0 saturated carbocycles. The summed E-state index contributed by atoms with van der Waals surface area (Å²) in [6, 6.07) is 3.50. The standard InChI is InChI=1S/C28H20F10O/c1-2-14-3-5-15(6-4-14)18-8-9-19(26(33)25(18)32)16-11-22(30)24(23(31)12-16)28(37,38)39-17-7-10-20(21(29)13-17)27(34,35)36/h3,5,7-15H,2,4,6H2,1H3. The maximum Gasteiger partial charge on any atom is 0.432 e. The third-order valence-electron chi connectivity index (χ3n) is 6.64. The number of ether oxygens (including phenoxy) is 1. The Bertz CT molecular complexity index is 1390. The first-order chi connectivity index (χ1) is 18.2. The quantitative estimate of drug-likeness (QED) is 0.215. The summed E-state index contributed by atoms with van der Waals surface area (Å²) in [5, 5.41) is 0. The lowest BCUT2D eigenvalue weighted by atomic mass is 9.83. The number of hydrogen-bond donors (Lipinski definition) is 0. The third kappa shape index (κ3) is 5.77. The molecule has 0 radical (unpaired) electrons. The van der Waals surface area contributed by atoms with E-state index in [4.69, 9.17) is 0 Å². The van der Waals surface area contributed by atoms with Crippen molar-refractivity contribution in [2.45, 2.75) is 44.4 Å². The zero-order valence-corrected chi connectivity index (χ0v) is 20.2. The van der Waals surface area contributed by atoms with Crippen molar-refractivity contribution in [3.63, 3.8) is 0 Å². The second-order valence-corrected chi connectivity index (χ2v) is 9.14. The molecule has 1 nitrogen and oxygen atoms in total. The molecule has 1 aliphatic rings. The predicted octanol–water partition coefficient (Wildman–Crippen LogP) is 9.66. The first-order valence-electron chi connectivity index (χ1n) is 11.8. The third-order valence-corrected chi connectivity index (χ3v) is 6.64. The first kappa shape index (κ1) is 28.5. The van der Waals surface area contributed by atoms with Crippen LogP contribution in [0, 0.1) is 35.0 Å². The summed E-state index contributed by atoms with van der Waals surface area (Å²) >= 11 is 0. The average Bonchev–Trinajstić information content (AvgIpc) is 2.84. The van der Waals surface area contributed by atoms with Gasteiger partial charge in [0.1, 0.15) is 28.8 Å². The molecule has 3 aromatic carbocycles. The van der Waals surface area contributed by atoms with Gasteiger partial charge < -0.3 is 4.74 Å². The van der Waals surface area contributed by atoms with Crippen molar-refractivity contribution < 1.29 is 48.6 Å². The Morgan fingerprint density at radius 3 is 1.97 bits per heavy atom. The number of allylic oxidation sites excluding steroid dienone is 2. The van der Waals surface area contributed by atoms with Crippen molar-refractivity contribution in [3.8, 4) is 16.9 Å². The monoisotopic (exact) mass is 562 g/mol. The predicted molar refractivity (Wildman–Crippen MR) is 123 cm³/mol. The van der Waals surface area contributed by atoms with Crippen LogP contribution in [0.1, 0.15) is 48.8 Å². The second-order valence-electron chi connectivity index (χ2n) is 9.14. The molecule has 39 heavy (non-hydrogen) atoms. The summed E-state index contributed by atoms with van der Waals surface area (Å²) in [5.74, 6) is -9.63. The SMILES string of the molecule is CCC1C=CC(c2ccc(-c3cc(F)c(C(F)(F)Oc4ccc(C(F)(F)F)c(F)c4)c(F)c3)c(F)c2F)CC1. The van der Waals surface area contributed by atoms with Gasteiger partial charge in [0.15, 0.2) is 11.6 Å². The van der Waals surface area contributed by atoms with Gasteiger partial charge in [0.2, 0.25) is 0 Å². The van der Waals surface area contributed by atoms with Gasteiger partial charge in [0.25, 0.3) is 0 Å². The molecule has 0 spiro atoms. The number of hydrogen-bond acceptors (Lipinski definition) is 1. The highest BCUT2D eigenvalue weighted by molar-refractivity contribution is 5.66. The topological polar surface area (TPSA) is 9.23 Å². The molecule has 1 aliphatic carbocycles. The van der Waals surface area contributed by atoms with Gasteiger partial charge in [-0.25, -0.2) is 22.0 Å². The van der Waals surface area contributed by atoms with Gasteiger partial charge in [-0.15, -0.1) is 0 Å². The summed E-state index contributed by atoms with van der Waals surface area (Å²) in [7, 11) is 0. The zero-order chi connectivity index (χ0) is 28.7. The molecule has 3 aromatic rings. The Morgan fingerprint density at radius 2 is 1.44 bits per heavy atom. The molecule has 4 rings (SSSR count). The minimum atomic E-state index is -5.11. The van der Waals surface area contributed by atoms with Crippen LogP contribution in [0.25, 0.3) is 11.1 Å². The van der Waals surface area contributed by atoms with Crippen LogP contribution in [0.3, 0.4) is 0 Å². The first-order valence-corrected chi connectivity index (χ1v) is 11.8. The number of halogens is 10. The minimum Gasteiger partial charge on any atom is -0.429 e. The fourth-order valence-corrected chi connectivity index (χ4v) is 4.55. The van der Waals surface area contributed by atoms with Crippen LogP contribution >= 0.6 is 0 Å². The van der Waals surface area contributed by atoms with Gasteiger partial charge in [-0.3, -0.25) is 0 Å². The molecule has 2 unspecified atom stereocenters. The molecule has 0 saturated heterocycles. The van der Waals surface area contributed by atoms with Gasteiger partial charge in [0.05, 0.1) is 5.56 Å². The zero-order valence-electron chi connectivity index (χ0n) is 20.2. The Morgan fingerprint density at radius 1 is 0.769 bits per heavy atom. The van der Waals surface area contributed by atoms with E-state index in [9.17, 15) is 43.9 Å². The van der Waals surface area contributed by atoms with Crippen molar-refractivity contribution >= 4 is 0 Å². The normalized spacial score (nSPS) is 17.9. The molecule has 208 valence electrons. The van der Waals surface area contributed by atoms with Crippen LogP contribution in [0.4, 0.5) is 43.9 Å². The van der Waals surface area contributed by atoms with Gasteiger partial charge in [-0.1, -0.05) is 31.2 Å². The maximum absolute atomic E-state index is 15.0. The molecule has 0 heterocycles. The van der Waals surface area contributed by atoms with Crippen LogP contribution in [-0.2, 0) is 12.3 Å². The highest BCUT2D eigenvalue weighted by atomic mass is 19.4. The van der Waals surface area contributed by atoms with E-state index in [2.05, 4.69) is 4.74 Å². The maximum atomic E-state index is 15.0. The van der Waals surface area contributed by atoms with E-state index in [0.29, 0.717) is 30.5 Å². The van der Waals surface area contributed by atoms with Crippen LogP contribution in [0.2, 0.25) is 0 Å². The largest absolute Gasteiger partial charge is 0.432 e. The average molecular weight is 562 g/mol. The lowest BCUT2D eigenvalue weighted by molar-refractivity contribution is -0.189. The van der Waals surface area contributed by atoms with Crippen molar-refractivity contribution in [3.05, 3.63) is 100 Å². The van der Waals surface area contributed by atoms with E-state index in [1.54, 1.807) is 6.08 Å². The van der Waals surface area contributed by atoms with E-state index in [-0.39, 0.29) is 17.7 Å². The fourth-order valence-electron chi connectivity index (χ4n) is 4.55. The summed E-state index contributed by atoms with van der Waals surface area (Å²) in [6.45, 7) is 2.00. The van der Waals surface area contributed by atoms with E-state index in [1.807, 2.05) is 13.0 Å². The van der Waals surface area contributed by atoms with Crippen LogP contribution in [-0.4, -0.2) is 0 Å².